The second-order valence-electron chi connectivity index (χ2n) is 35.2. The molecule has 0 aliphatic carbocycles. The average Bonchev–Trinajstić information content (AvgIpc) is 1.78. The molecule has 662 valence electrons. The molecule has 0 atom stereocenters. The van der Waals surface area contributed by atoms with Crippen molar-refractivity contribution in [3.63, 3.8) is 0 Å². The normalized spacial score (nSPS) is 11.4. The first-order valence-corrected chi connectivity index (χ1v) is 48.3. The molecule has 26 aromatic rings. The Hall–Kier alpha value is -18.5. The third-order valence-electron chi connectivity index (χ3n) is 26.8. The highest BCUT2D eigenvalue weighted by molar-refractivity contribution is 7.25. The van der Waals surface area contributed by atoms with Crippen LogP contribution in [-0.4, -0.2) is 9.13 Å². The van der Waals surface area contributed by atoms with Crippen molar-refractivity contribution in [3.05, 3.63) is 546 Å². The van der Waals surface area contributed by atoms with Crippen molar-refractivity contribution < 1.29 is 4.42 Å². The predicted octanol–water partition coefficient (Wildman–Crippen LogP) is 37.5. The summed E-state index contributed by atoms with van der Waals surface area (Å²) in [6.45, 7) is 0. The van der Waals surface area contributed by atoms with E-state index >= 15 is 0 Å². The molecule has 0 saturated heterocycles. The molecular weight excluding hydrogens is 1720 g/mol. The van der Waals surface area contributed by atoms with Crippen LogP contribution < -0.4 is 29.4 Å². The molecule has 0 aliphatic rings. The molecule has 140 heavy (non-hydrogen) atoms. The highest BCUT2D eigenvalue weighted by Crippen LogP contribution is 2.51. The maximum atomic E-state index is 6.68. The van der Waals surface area contributed by atoms with Crippen molar-refractivity contribution in [3.8, 4) is 22.5 Å². The molecule has 0 bridgehead atoms. The first-order valence-electron chi connectivity index (χ1n) is 47.5. The molecular formula is C130H90N8OS. The SMILES string of the molecule is c1ccc(-c2cccc(N(c3ccccc3)c3ccc4c5cc(N(c6ccccc6)c6ccc7sc8ccc(N(c9ccccc9)c9ccccc9)cc8c7c6)ccc5n(-c5ccccc5)c4c3)c2)cc1.c1ccc(N(c2ccccc2)c2ccc3c(c2)oc2ccc(N(c4ccccc4)c4ccc5c(c4)c4cc(N(c6ccccc6)c6ccccc6)ccc4n5-c4cccc5ccccc45)cc23)cc1. The third-order valence-corrected chi connectivity index (χ3v) is 27.9. The van der Waals surface area contributed by atoms with E-state index in [0.29, 0.717) is 0 Å². The minimum atomic E-state index is 0.835. The highest BCUT2D eigenvalue weighted by atomic mass is 32.1. The van der Waals surface area contributed by atoms with Gasteiger partial charge < -0.3 is 43.0 Å². The first kappa shape index (κ1) is 83.4. The fourth-order valence-corrected chi connectivity index (χ4v) is 21.5. The Bertz CT molecular complexity index is 8880. The number of nitrogens with zero attached hydrogens (tertiary/aromatic N) is 8. The largest absolute Gasteiger partial charge is 0.456 e. The van der Waals surface area contributed by atoms with Crippen molar-refractivity contribution in [2.24, 2.45) is 0 Å². The van der Waals surface area contributed by atoms with Gasteiger partial charge in [0.15, 0.2) is 0 Å². The van der Waals surface area contributed by atoms with E-state index in [1.807, 2.05) is 11.3 Å². The zero-order valence-electron chi connectivity index (χ0n) is 76.4. The molecule has 9 nitrogen and oxygen atoms in total. The van der Waals surface area contributed by atoms with Crippen molar-refractivity contribution in [2.75, 3.05) is 29.4 Å². The zero-order chi connectivity index (χ0) is 92.8. The molecule has 0 unspecified atom stereocenters. The van der Waals surface area contributed by atoms with E-state index in [9.17, 15) is 0 Å². The van der Waals surface area contributed by atoms with E-state index in [0.717, 1.165) is 169 Å². The van der Waals surface area contributed by atoms with Gasteiger partial charge in [-0.3, -0.25) is 0 Å². The van der Waals surface area contributed by atoms with Crippen LogP contribution in [0.1, 0.15) is 0 Å². The quantitative estimate of drug-likeness (QED) is 0.0710. The Morgan fingerprint density at radius 3 is 0.886 bits per heavy atom. The summed E-state index contributed by atoms with van der Waals surface area (Å²) >= 11 is 1.85. The third kappa shape index (κ3) is 15.6. The van der Waals surface area contributed by atoms with Crippen molar-refractivity contribution in [1.82, 2.24) is 9.13 Å². The maximum absolute atomic E-state index is 6.68. The van der Waals surface area contributed by atoms with Crippen LogP contribution in [-0.2, 0) is 0 Å². The Kier molecular flexibility index (Phi) is 21.7. The standard InChI is InChI=1S/C66H46N4S.C64H44N4O/c1-7-20-47(21-8-1)48-22-19-33-54(42-48)68(51-27-13-4-14-28-51)58-34-38-59-60-43-55(35-39-63(60)70(64(59)46-58)53-31-17-6-18-32-53)69(52-29-15-5-16-30-52)57-37-41-66-62(45-57)61-44-56(36-40-65(61)71-66)67(49-23-9-2-10-24-49)50-25-11-3-12-26-50;1-6-21-46(22-7-1)65(47-23-8-2-9-24-47)51-34-38-61-57(41-51)58-42-52(35-39-62(58)68(61)60-32-18-20-45-19-16-17-31-55(45)60)67(50-29-14-5-15-30-50)53-36-40-63-59(43-53)56-37-33-54(44-64(56)69-63)66(48-25-10-3-11-26-48)49-27-12-4-13-28-49/h1-46H;1-44H. The van der Waals surface area contributed by atoms with Crippen LogP contribution in [0.5, 0.6) is 0 Å². The number of hydrogen-bond acceptors (Lipinski definition) is 8. The number of thiophene rings is 1. The fourth-order valence-electron chi connectivity index (χ4n) is 20.5. The minimum absolute atomic E-state index is 0.835. The molecule has 4 aromatic heterocycles. The predicted molar refractivity (Wildman–Crippen MR) is 593 cm³/mol. The number of para-hydroxylation sites is 10. The molecule has 26 rings (SSSR count). The Balaban J connectivity index is 0.000000148. The van der Waals surface area contributed by atoms with Crippen molar-refractivity contribution in [1.29, 1.82) is 0 Å². The van der Waals surface area contributed by atoms with Gasteiger partial charge in [0.25, 0.3) is 0 Å². The van der Waals surface area contributed by atoms with Gasteiger partial charge in [-0.15, -0.1) is 11.3 Å². The lowest BCUT2D eigenvalue weighted by atomic mass is 10.0. The second kappa shape index (κ2) is 36.4. The molecule has 0 N–H and O–H groups in total. The van der Waals surface area contributed by atoms with E-state index in [2.05, 4.69) is 585 Å². The lowest BCUT2D eigenvalue weighted by Crippen LogP contribution is -2.10. The summed E-state index contributed by atoms with van der Waals surface area (Å²) in [5.41, 5.74) is 30.4. The van der Waals surface area contributed by atoms with Gasteiger partial charge in [0.05, 0.1) is 27.8 Å². The molecule has 0 spiro atoms. The van der Waals surface area contributed by atoms with Gasteiger partial charge in [0.2, 0.25) is 0 Å². The van der Waals surface area contributed by atoms with E-state index < -0.39 is 0 Å². The number of hydrogen-bond donors (Lipinski definition) is 0. The number of furan rings is 1. The number of fused-ring (bicyclic) bond motifs is 13. The molecule has 0 aliphatic heterocycles. The van der Waals surface area contributed by atoms with Gasteiger partial charge in [-0.05, 0) is 289 Å². The van der Waals surface area contributed by atoms with Crippen LogP contribution in [0.3, 0.4) is 0 Å². The summed E-state index contributed by atoms with van der Waals surface area (Å²) in [4.78, 5) is 14.1. The molecule has 10 heteroatoms. The van der Waals surface area contributed by atoms with E-state index in [-0.39, 0.29) is 0 Å². The topological polar surface area (TPSA) is 42.4 Å². The Labute approximate surface area is 815 Å². The van der Waals surface area contributed by atoms with E-state index in [1.165, 1.54) is 52.8 Å². The van der Waals surface area contributed by atoms with Crippen molar-refractivity contribution >= 4 is 210 Å². The van der Waals surface area contributed by atoms with E-state index in [1.54, 1.807) is 0 Å². The van der Waals surface area contributed by atoms with Crippen LogP contribution in [0.4, 0.5) is 102 Å². The molecule has 0 radical (unpaired) electrons. The summed E-state index contributed by atoms with van der Waals surface area (Å²) in [6.07, 6.45) is 0. The monoisotopic (exact) mass is 1810 g/mol. The molecule has 0 saturated carbocycles. The maximum Gasteiger partial charge on any atom is 0.137 e. The number of anilines is 18. The summed E-state index contributed by atoms with van der Waals surface area (Å²) in [7, 11) is 0. The smallest absolute Gasteiger partial charge is 0.137 e. The molecule has 4 heterocycles. The Morgan fingerprint density at radius 2 is 0.450 bits per heavy atom. The highest BCUT2D eigenvalue weighted by Gasteiger charge is 2.27. The van der Waals surface area contributed by atoms with Crippen LogP contribution in [0, 0.1) is 0 Å². The van der Waals surface area contributed by atoms with Crippen LogP contribution in [0.25, 0.3) is 119 Å². The number of benzene rings is 22. The van der Waals surface area contributed by atoms with Gasteiger partial charge in [0, 0.05) is 172 Å². The van der Waals surface area contributed by atoms with Crippen LogP contribution in [0.2, 0.25) is 0 Å². The lowest BCUT2D eigenvalue weighted by Gasteiger charge is -2.26. The summed E-state index contributed by atoms with van der Waals surface area (Å²) in [6, 6.07) is 196. The zero-order valence-corrected chi connectivity index (χ0v) is 77.2. The van der Waals surface area contributed by atoms with Gasteiger partial charge in [0.1, 0.15) is 11.2 Å². The van der Waals surface area contributed by atoms with E-state index in [4.69, 9.17) is 4.42 Å². The summed E-state index contributed by atoms with van der Waals surface area (Å²) < 4.78 is 14.1. The van der Waals surface area contributed by atoms with Gasteiger partial charge in [-0.25, -0.2) is 0 Å². The van der Waals surface area contributed by atoms with Gasteiger partial charge in [-0.1, -0.05) is 267 Å². The lowest BCUT2D eigenvalue weighted by molar-refractivity contribution is 0.669. The molecule has 0 fully saturated rings. The first-order chi connectivity index (χ1) is 69.4. The molecule has 22 aromatic carbocycles. The average molecular weight is 1810 g/mol. The summed E-state index contributed by atoms with van der Waals surface area (Å²) in [5.74, 6) is 0. The van der Waals surface area contributed by atoms with Crippen LogP contribution >= 0.6 is 11.3 Å². The molecule has 0 amide bonds. The second-order valence-corrected chi connectivity index (χ2v) is 36.3. The fraction of sp³-hybridized carbons (Fsp3) is 0. The number of aromatic nitrogens is 2. The summed E-state index contributed by atoms with van der Waals surface area (Å²) in [5, 5.41) is 11.7. The number of rotatable bonds is 21. The Morgan fingerprint density at radius 1 is 0.157 bits per heavy atom. The van der Waals surface area contributed by atoms with Crippen LogP contribution in [0.15, 0.2) is 550 Å². The minimum Gasteiger partial charge on any atom is -0.456 e. The van der Waals surface area contributed by atoms with Gasteiger partial charge in [-0.2, -0.15) is 0 Å². The van der Waals surface area contributed by atoms with Crippen molar-refractivity contribution in [2.45, 2.75) is 0 Å². The van der Waals surface area contributed by atoms with Gasteiger partial charge >= 0.3 is 0 Å².